The Balaban J connectivity index is 1.79. The lowest BCUT2D eigenvalue weighted by Crippen LogP contribution is -2.24. The van der Waals surface area contributed by atoms with E-state index in [9.17, 15) is 0 Å². The van der Waals surface area contributed by atoms with E-state index in [1.807, 2.05) is 0 Å². The van der Waals surface area contributed by atoms with Crippen molar-refractivity contribution in [2.24, 2.45) is 0 Å². The van der Waals surface area contributed by atoms with Crippen LogP contribution in [0.4, 0.5) is 5.95 Å². The van der Waals surface area contributed by atoms with E-state index < -0.39 is 0 Å². The van der Waals surface area contributed by atoms with Crippen LogP contribution in [-0.4, -0.2) is 23.1 Å². The zero-order valence-corrected chi connectivity index (χ0v) is 10.8. The van der Waals surface area contributed by atoms with E-state index in [0.29, 0.717) is 11.9 Å². The van der Waals surface area contributed by atoms with Crippen molar-refractivity contribution < 1.29 is 4.74 Å². The molecule has 0 atom stereocenters. The number of aromatic nitrogens is 2. The van der Waals surface area contributed by atoms with Gasteiger partial charge in [-0.1, -0.05) is 19.3 Å². The van der Waals surface area contributed by atoms with Crippen LogP contribution in [-0.2, 0) is 13.1 Å². The highest BCUT2D eigenvalue weighted by molar-refractivity contribution is 5.40. The van der Waals surface area contributed by atoms with Crippen molar-refractivity contribution in [2.75, 3.05) is 12.4 Å². The van der Waals surface area contributed by atoms with Gasteiger partial charge in [-0.25, -0.2) is 4.98 Å². The summed E-state index contributed by atoms with van der Waals surface area (Å²) >= 11 is 0. The third kappa shape index (κ3) is 2.27. The summed E-state index contributed by atoms with van der Waals surface area (Å²) in [6, 6.07) is 0.524. The Morgan fingerprint density at radius 1 is 1.17 bits per heavy atom. The summed E-state index contributed by atoms with van der Waals surface area (Å²) in [7, 11) is 1.67. The molecule has 0 spiro atoms. The molecule has 2 N–H and O–H groups in total. The van der Waals surface area contributed by atoms with Gasteiger partial charge in [-0.15, -0.1) is 0 Å². The van der Waals surface area contributed by atoms with E-state index in [0.717, 1.165) is 30.3 Å². The normalized spacial score (nSPS) is 19.6. The topological polar surface area (TPSA) is 59.1 Å². The molecular formula is C13H20N4O. The average Bonchev–Trinajstić information content (AvgIpc) is 2.87. The number of methoxy groups -OCH3 is 1. The van der Waals surface area contributed by atoms with Gasteiger partial charge in [-0.05, 0) is 12.8 Å². The largest absolute Gasteiger partial charge is 0.481 e. The number of hydrogen-bond acceptors (Lipinski definition) is 5. The van der Waals surface area contributed by atoms with Crippen LogP contribution in [0.1, 0.15) is 43.4 Å². The third-order valence-electron chi connectivity index (χ3n) is 3.78. The molecule has 18 heavy (non-hydrogen) atoms. The lowest BCUT2D eigenvalue weighted by Gasteiger charge is -2.23. The second-order valence-electron chi connectivity index (χ2n) is 5.06. The molecule has 1 fully saturated rings. The lowest BCUT2D eigenvalue weighted by atomic mass is 9.96. The van der Waals surface area contributed by atoms with Gasteiger partial charge < -0.3 is 15.4 Å². The predicted octanol–water partition coefficient (Wildman–Crippen LogP) is 1.83. The molecule has 1 aliphatic carbocycles. The molecule has 0 saturated heterocycles. The average molecular weight is 248 g/mol. The van der Waals surface area contributed by atoms with Crippen LogP contribution in [0.2, 0.25) is 0 Å². The van der Waals surface area contributed by atoms with Gasteiger partial charge in [0.05, 0.1) is 18.4 Å². The molecule has 3 rings (SSSR count). The maximum Gasteiger partial charge on any atom is 0.226 e. The van der Waals surface area contributed by atoms with Crippen molar-refractivity contribution in [3.8, 4) is 5.88 Å². The van der Waals surface area contributed by atoms with Crippen molar-refractivity contribution >= 4 is 5.95 Å². The number of nitrogens with zero attached hydrogens (tertiary/aromatic N) is 2. The van der Waals surface area contributed by atoms with E-state index >= 15 is 0 Å². The van der Waals surface area contributed by atoms with Crippen molar-refractivity contribution in [2.45, 2.75) is 51.2 Å². The van der Waals surface area contributed by atoms with Crippen molar-refractivity contribution in [3.63, 3.8) is 0 Å². The van der Waals surface area contributed by atoms with Gasteiger partial charge in [0.2, 0.25) is 11.8 Å². The summed E-state index contributed by atoms with van der Waals surface area (Å²) in [5, 5.41) is 6.74. The molecule has 1 saturated carbocycles. The molecule has 0 unspecified atom stereocenters. The van der Waals surface area contributed by atoms with Gasteiger partial charge in [0.15, 0.2) is 0 Å². The predicted molar refractivity (Wildman–Crippen MR) is 69.6 cm³/mol. The van der Waals surface area contributed by atoms with Crippen molar-refractivity contribution in [1.82, 2.24) is 15.3 Å². The quantitative estimate of drug-likeness (QED) is 0.854. The zero-order chi connectivity index (χ0) is 12.4. The SMILES string of the molecule is COc1nc(NC2CCCCC2)nc2c1CNC2. The van der Waals surface area contributed by atoms with Gasteiger partial charge >= 0.3 is 0 Å². The van der Waals surface area contributed by atoms with Crippen LogP contribution in [0.5, 0.6) is 5.88 Å². The number of anilines is 1. The molecule has 98 valence electrons. The second kappa shape index (κ2) is 5.10. The molecular weight excluding hydrogens is 228 g/mol. The molecule has 5 nitrogen and oxygen atoms in total. The highest BCUT2D eigenvalue weighted by Crippen LogP contribution is 2.26. The Hall–Kier alpha value is -1.36. The van der Waals surface area contributed by atoms with Crippen LogP contribution in [0.15, 0.2) is 0 Å². The minimum absolute atomic E-state index is 0.524. The molecule has 0 radical (unpaired) electrons. The molecule has 1 aromatic heterocycles. The third-order valence-corrected chi connectivity index (χ3v) is 3.78. The van der Waals surface area contributed by atoms with Crippen molar-refractivity contribution in [1.29, 1.82) is 0 Å². The Kier molecular flexibility index (Phi) is 3.32. The van der Waals surface area contributed by atoms with Crippen LogP contribution in [0, 0.1) is 0 Å². The summed E-state index contributed by atoms with van der Waals surface area (Å²) in [6.07, 6.45) is 6.42. The maximum atomic E-state index is 5.36. The highest BCUT2D eigenvalue weighted by Gasteiger charge is 2.21. The molecule has 1 aromatic rings. The summed E-state index contributed by atoms with van der Waals surface area (Å²) in [5.74, 6) is 1.43. The Morgan fingerprint density at radius 3 is 2.78 bits per heavy atom. The standard InChI is InChI=1S/C13H20N4O/c1-18-12-10-7-14-8-11(10)16-13(17-12)15-9-5-3-2-4-6-9/h9,14H,2-8H2,1H3,(H,15,16,17). The fourth-order valence-corrected chi connectivity index (χ4v) is 2.80. The number of ether oxygens (including phenoxy) is 1. The molecule has 0 bridgehead atoms. The van der Waals surface area contributed by atoms with E-state index in [1.54, 1.807) is 7.11 Å². The van der Waals surface area contributed by atoms with Gasteiger partial charge in [-0.2, -0.15) is 4.98 Å². The first kappa shape index (κ1) is 11.7. The smallest absolute Gasteiger partial charge is 0.226 e. The monoisotopic (exact) mass is 248 g/mol. The van der Waals surface area contributed by atoms with E-state index in [4.69, 9.17) is 4.74 Å². The number of rotatable bonds is 3. The molecule has 5 heteroatoms. The summed E-state index contributed by atoms with van der Waals surface area (Å²) in [4.78, 5) is 9.06. The number of nitrogens with one attached hydrogen (secondary N) is 2. The van der Waals surface area contributed by atoms with Crippen molar-refractivity contribution in [3.05, 3.63) is 11.3 Å². The summed E-state index contributed by atoms with van der Waals surface area (Å²) in [5.41, 5.74) is 2.17. The van der Waals surface area contributed by atoms with E-state index in [2.05, 4.69) is 20.6 Å². The van der Waals surface area contributed by atoms with Gasteiger partial charge in [0.1, 0.15) is 0 Å². The molecule has 0 aromatic carbocycles. The zero-order valence-electron chi connectivity index (χ0n) is 10.8. The van der Waals surface area contributed by atoms with Crippen LogP contribution in [0.25, 0.3) is 0 Å². The maximum absolute atomic E-state index is 5.36. The Morgan fingerprint density at radius 2 is 2.00 bits per heavy atom. The van der Waals surface area contributed by atoms with Crippen LogP contribution < -0.4 is 15.4 Å². The number of hydrogen-bond donors (Lipinski definition) is 2. The van der Waals surface area contributed by atoms with E-state index in [1.165, 1.54) is 32.1 Å². The molecule has 1 aliphatic heterocycles. The number of fused-ring (bicyclic) bond motifs is 1. The first-order chi connectivity index (χ1) is 8.86. The van der Waals surface area contributed by atoms with E-state index in [-0.39, 0.29) is 0 Å². The van der Waals surface area contributed by atoms with Gasteiger partial charge in [-0.3, -0.25) is 0 Å². The lowest BCUT2D eigenvalue weighted by molar-refractivity contribution is 0.391. The Bertz CT molecular complexity index is 429. The van der Waals surface area contributed by atoms with Crippen LogP contribution in [0.3, 0.4) is 0 Å². The van der Waals surface area contributed by atoms with Crippen LogP contribution >= 0.6 is 0 Å². The molecule has 2 heterocycles. The first-order valence-electron chi connectivity index (χ1n) is 6.78. The minimum atomic E-state index is 0.524. The Labute approximate surface area is 107 Å². The fraction of sp³-hybridized carbons (Fsp3) is 0.692. The highest BCUT2D eigenvalue weighted by atomic mass is 16.5. The first-order valence-corrected chi connectivity index (χ1v) is 6.78. The fourth-order valence-electron chi connectivity index (χ4n) is 2.80. The van der Waals surface area contributed by atoms with Gasteiger partial charge in [0, 0.05) is 19.1 Å². The molecule has 0 amide bonds. The summed E-state index contributed by atoms with van der Waals surface area (Å²) < 4.78 is 5.36. The second-order valence-corrected chi connectivity index (χ2v) is 5.06. The summed E-state index contributed by atoms with van der Waals surface area (Å²) in [6.45, 7) is 1.62. The minimum Gasteiger partial charge on any atom is -0.481 e. The van der Waals surface area contributed by atoms with Gasteiger partial charge in [0.25, 0.3) is 0 Å². The molecule has 2 aliphatic rings.